The molecule has 2 bridgehead atoms. The summed E-state index contributed by atoms with van der Waals surface area (Å²) in [5.74, 6) is 0.874. The summed E-state index contributed by atoms with van der Waals surface area (Å²) in [7, 11) is 6.65. The molecule has 1 N–H and O–H groups in total. The first-order valence-corrected chi connectivity index (χ1v) is 8.82. The van der Waals surface area contributed by atoms with Crippen LogP contribution in [0.2, 0.25) is 0 Å². The molecule has 1 aromatic carbocycles. The number of benzene rings is 1. The molecule has 0 spiro atoms. The summed E-state index contributed by atoms with van der Waals surface area (Å²) >= 11 is 0. The van der Waals surface area contributed by atoms with Crippen molar-refractivity contribution >= 4 is 11.5 Å². The van der Waals surface area contributed by atoms with Crippen LogP contribution in [-0.2, 0) is 0 Å². The van der Waals surface area contributed by atoms with Crippen LogP contribution in [0.25, 0.3) is 0 Å². The first-order chi connectivity index (χ1) is 12.5. The Morgan fingerprint density at radius 2 is 1.62 bits per heavy atom. The van der Waals surface area contributed by atoms with Gasteiger partial charge in [-0.15, -0.1) is 0 Å². The van der Waals surface area contributed by atoms with Gasteiger partial charge in [-0.05, 0) is 44.9 Å². The van der Waals surface area contributed by atoms with Crippen molar-refractivity contribution < 1.29 is 24.2 Å². The average Bonchev–Trinajstić information content (AvgIpc) is 2.87. The summed E-state index contributed by atoms with van der Waals surface area (Å²) in [6.07, 6.45) is 3.94. The predicted molar refractivity (Wildman–Crippen MR) is 96.9 cm³/mol. The Morgan fingerprint density at radius 1 is 1.08 bits per heavy atom. The minimum Gasteiger partial charge on any atom is -0.493 e. The predicted octanol–water partition coefficient (Wildman–Crippen LogP) is 2.60. The highest BCUT2D eigenvalue weighted by molar-refractivity contribution is 6.46. The van der Waals surface area contributed by atoms with E-state index in [2.05, 4.69) is 17.1 Å². The Bertz CT molecular complexity index is 679. The van der Waals surface area contributed by atoms with Crippen LogP contribution >= 0.6 is 0 Å². The standard InChI is InChI=1S/C19H26N2O5/c1-21-13-5-6-14(21)8-11(7-13)17(20-23)18(22)12-9-15(24-2)19(26-4)16(10-12)25-3/h9-11,13-14,23H,5-8H2,1-4H3/b20-17+. The SMILES string of the molecule is COc1cc(C(=O)/C(=N/O)C2CC3CCC(C2)N3C)cc(OC)c1OC. The van der Waals surface area contributed by atoms with E-state index in [1.807, 2.05) is 0 Å². The van der Waals surface area contributed by atoms with Crippen molar-refractivity contribution in [3.8, 4) is 17.2 Å². The molecule has 2 unspecified atom stereocenters. The second kappa shape index (κ2) is 7.53. The third-order valence-corrected chi connectivity index (χ3v) is 5.75. The molecule has 1 aromatic rings. The molecule has 0 aliphatic carbocycles. The molecule has 2 aliphatic heterocycles. The lowest BCUT2D eigenvalue weighted by Crippen LogP contribution is -2.43. The fourth-order valence-electron chi connectivity index (χ4n) is 4.31. The second-order valence-electron chi connectivity index (χ2n) is 6.95. The van der Waals surface area contributed by atoms with E-state index < -0.39 is 0 Å². The molecule has 2 atom stereocenters. The number of hydrogen-bond acceptors (Lipinski definition) is 7. The van der Waals surface area contributed by atoms with E-state index in [9.17, 15) is 10.0 Å². The smallest absolute Gasteiger partial charge is 0.211 e. The zero-order valence-corrected chi connectivity index (χ0v) is 15.7. The van der Waals surface area contributed by atoms with Gasteiger partial charge in [-0.3, -0.25) is 4.79 Å². The third-order valence-electron chi connectivity index (χ3n) is 5.75. The van der Waals surface area contributed by atoms with Crippen LogP contribution in [0.4, 0.5) is 0 Å². The van der Waals surface area contributed by atoms with Gasteiger partial charge < -0.3 is 24.3 Å². The van der Waals surface area contributed by atoms with E-state index in [1.54, 1.807) is 12.1 Å². The summed E-state index contributed by atoms with van der Waals surface area (Å²) in [6.45, 7) is 0. The van der Waals surface area contributed by atoms with E-state index in [1.165, 1.54) is 21.3 Å². The van der Waals surface area contributed by atoms with Crippen LogP contribution in [0.15, 0.2) is 17.3 Å². The molecule has 142 valence electrons. The van der Waals surface area contributed by atoms with Crippen LogP contribution in [0.5, 0.6) is 17.2 Å². The van der Waals surface area contributed by atoms with Gasteiger partial charge in [0.15, 0.2) is 11.5 Å². The van der Waals surface area contributed by atoms with Crippen LogP contribution in [0, 0.1) is 5.92 Å². The Morgan fingerprint density at radius 3 is 2.04 bits per heavy atom. The fourth-order valence-corrected chi connectivity index (χ4v) is 4.31. The lowest BCUT2D eigenvalue weighted by atomic mass is 9.84. The van der Waals surface area contributed by atoms with E-state index >= 15 is 0 Å². The number of Topliss-reactive ketones (excluding diaryl/α,β-unsaturated/α-hetero) is 1. The van der Waals surface area contributed by atoms with Crippen LogP contribution in [0.1, 0.15) is 36.0 Å². The number of oxime groups is 1. The molecular formula is C19H26N2O5. The summed E-state index contributed by atoms with van der Waals surface area (Å²) in [6, 6.07) is 4.09. The highest BCUT2D eigenvalue weighted by Gasteiger charge is 2.42. The van der Waals surface area contributed by atoms with E-state index in [0.717, 1.165) is 25.7 Å². The largest absolute Gasteiger partial charge is 0.493 e. The van der Waals surface area contributed by atoms with Gasteiger partial charge in [0, 0.05) is 23.6 Å². The number of piperidine rings is 1. The Balaban J connectivity index is 1.90. The monoisotopic (exact) mass is 362 g/mol. The molecule has 7 nitrogen and oxygen atoms in total. The summed E-state index contributed by atoms with van der Waals surface area (Å²) in [5.41, 5.74) is 0.572. The maximum Gasteiger partial charge on any atom is 0.211 e. The van der Waals surface area contributed by atoms with Gasteiger partial charge in [-0.1, -0.05) is 5.16 Å². The number of ether oxygens (including phenoxy) is 3. The molecule has 2 heterocycles. The van der Waals surface area contributed by atoms with Crippen molar-refractivity contribution in [3.05, 3.63) is 17.7 Å². The maximum absolute atomic E-state index is 13.1. The third kappa shape index (κ3) is 3.11. The summed E-state index contributed by atoms with van der Waals surface area (Å²) < 4.78 is 15.9. The molecular weight excluding hydrogens is 336 g/mol. The number of nitrogens with zero attached hydrogens (tertiary/aromatic N) is 2. The number of methoxy groups -OCH3 is 3. The van der Waals surface area contributed by atoms with Crippen molar-refractivity contribution in [2.75, 3.05) is 28.4 Å². The molecule has 26 heavy (non-hydrogen) atoms. The maximum atomic E-state index is 13.1. The first kappa shape index (κ1) is 18.5. The van der Waals surface area contributed by atoms with Crippen molar-refractivity contribution in [3.63, 3.8) is 0 Å². The molecule has 0 amide bonds. The molecule has 2 aliphatic rings. The zero-order chi connectivity index (χ0) is 18.8. The van der Waals surface area contributed by atoms with Gasteiger partial charge in [0.05, 0.1) is 21.3 Å². The minimum atomic E-state index is -0.305. The lowest BCUT2D eigenvalue weighted by molar-refractivity contribution is 0.103. The van der Waals surface area contributed by atoms with Gasteiger partial charge in [-0.25, -0.2) is 0 Å². The topological polar surface area (TPSA) is 80.6 Å². The fraction of sp³-hybridized carbons (Fsp3) is 0.579. The normalized spacial score (nSPS) is 25.8. The Labute approximate surface area is 153 Å². The van der Waals surface area contributed by atoms with Gasteiger partial charge in [0.2, 0.25) is 11.5 Å². The van der Waals surface area contributed by atoms with Crippen LogP contribution in [-0.4, -0.2) is 62.1 Å². The van der Waals surface area contributed by atoms with E-state index in [4.69, 9.17) is 14.2 Å². The van der Waals surface area contributed by atoms with Gasteiger partial charge in [0.25, 0.3) is 0 Å². The molecule has 2 fully saturated rings. The molecule has 7 heteroatoms. The van der Waals surface area contributed by atoms with Gasteiger partial charge >= 0.3 is 0 Å². The quantitative estimate of drug-likeness (QED) is 0.363. The van der Waals surface area contributed by atoms with Crippen molar-refractivity contribution in [1.82, 2.24) is 4.90 Å². The lowest BCUT2D eigenvalue weighted by Gasteiger charge is -2.36. The highest BCUT2D eigenvalue weighted by Crippen LogP contribution is 2.40. The molecule has 0 saturated carbocycles. The number of carbonyl (C=O) groups excluding carboxylic acids is 1. The Kier molecular flexibility index (Phi) is 5.36. The van der Waals surface area contributed by atoms with Gasteiger partial charge in [-0.2, -0.15) is 0 Å². The zero-order valence-electron chi connectivity index (χ0n) is 15.7. The molecule has 3 rings (SSSR count). The number of rotatable bonds is 6. The average molecular weight is 362 g/mol. The van der Waals surface area contributed by atoms with Crippen molar-refractivity contribution in [1.29, 1.82) is 0 Å². The molecule has 0 radical (unpaired) electrons. The minimum absolute atomic E-state index is 0.0414. The molecule has 2 saturated heterocycles. The van der Waals surface area contributed by atoms with E-state index in [0.29, 0.717) is 34.9 Å². The highest BCUT2D eigenvalue weighted by atomic mass is 16.5. The van der Waals surface area contributed by atoms with Crippen LogP contribution in [0.3, 0.4) is 0 Å². The Hall–Kier alpha value is -2.28. The first-order valence-electron chi connectivity index (χ1n) is 8.82. The number of fused-ring (bicyclic) bond motifs is 2. The number of carbonyl (C=O) groups is 1. The van der Waals surface area contributed by atoms with Crippen LogP contribution < -0.4 is 14.2 Å². The second-order valence-corrected chi connectivity index (χ2v) is 6.95. The van der Waals surface area contributed by atoms with E-state index in [-0.39, 0.29) is 17.4 Å². The van der Waals surface area contributed by atoms with Gasteiger partial charge in [0.1, 0.15) is 5.71 Å². The molecule has 0 aromatic heterocycles. The van der Waals surface area contributed by atoms with Crippen molar-refractivity contribution in [2.24, 2.45) is 11.1 Å². The number of hydrogen-bond donors (Lipinski definition) is 1. The van der Waals surface area contributed by atoms with Crippen molar-refractivity contribution in [2.45, 2.75) is 37.8 Å². The summed E-state index contributed by atoms with van der Waals surface area (Å²) in [5, 5.41) is 13.0. The summed E-state index contributed by atoms with van der Waals surface area (Å²) in [4.78, 5) is 15.5. The number of ketones is 1.